The van der Waals surface area contributed by atoms with Crippen molar-refractivity contribution in [2.24, 2.45) is 5.92 Å². The zero-order chi connectivity index (χ0) is 17.0. The normalized spacial score (nSPS) is 11.6. The van der Waals surface area contributed by atoms with Gasteiger partial charge in [-0.2, -0.15) is 0 Å². The molecule has 0 unspecified atom stereocenters. The summed E-state index contributed by atoms with van der Waals surface area (Å²) in [5.41, 5.74) is 7.59. The number of carbonyl (C=O) groups excluding carboxylic acids is 1. The molecule has 2 aromatic rings. The molecule has 6 nitrogen and oxygen atoms in total. The molecule has 0 bridgehead atoms. The molecule has 3 N–H and O–H groups in total. The molecule has 0 saturated heterocycles. The molecule has 2 rings (SSSR count). The van der Waals surface area contributed by atoms with Crippen LogP contribution in [0.15, 0.2) is 12.1 Å². The lowest BCUT2D eigenvalue weighted by atomic mass is 10.1. The van der Waals surface area contributed by atoms with Crippen molar-refractivity contribution in [1.29, 1.82) is 0 Å². The number of nitrogens with zero attached hydrogens (tertiary/aromatic N) is 1. The summed E-state index contributed by atoms with van der Waals surface area (Å²) in [6, 6.07) is 3.91. The molecule has 0 saturated carbocycles. The van der Waals surface area contributed by atoms with Crippen molar-refractivity contribution in [2.45, 2.75) is 26.6 Å². The number of ether oxygens (including phenoxy) is 2. The van der Waals surface area contributed by atoms with E-state index in [1.165, 1.54) is 25.6 Å². The quantitative estimate of drug-likeness (QED) is 0.758. The van der Waals surface area contributed by atoms with Crippen LogP contribution in [0.2, 0.25) is 0 Å². The molecule has 0 aromatic carbocycles. The Morgan fingerprint density at radius 2 is 2.04 bits per heavy atom. The molecule has 0 radical (unpaired) electrons. The second-order valence-corrected chi connectivity index (χ2v) is 6.71. The standard InChI is InChI=1S/C16H23N3O3S/c1-9(2)7-10-5-6-11-13(17)14(23-16(11)19-10)15(20)18-8-12(21-3)22-4/h5-6,9,12H,7-8,17H2,1-4H3,(H,18,20). The van der Waals surface area contributed by atoms with E-state index in [0.29, 0.717) is 16.5 Å². The largest absolute Gasteiger partial charge is 0.397 e. The molecular weight excluding hydrogens is 314 g/mol. The van der Waals surface area contributed by atoms with Crippen LogP contribution in [-0.2, 0) is 15.9 Å². The van der Waals surface area contributed by atoms with Crippen LogP contribution in [0.3, 0.4) is 0 Å². The van der Waals surface area contributed by atoms with E-state index in [2.05, 4.69) is 24.1 Å². The minimum Gasteiger partial charge on any atom is -0.397 e. The van der Waals surface area contributed by atoms with Gasteiger partial charge in [0.1, 0.15) is 9.71 Å². The zero-order valence-corrected chi connectivity index (χ0v) is 14.7. The first-order chi connectivity index (χ1) is 11.0. The van der Waals surface area contributed by atoms with Crippen molar-refractivity contribution in [3.63, 3.8) is 0 Å². The number of pyridine rings is 1. The Hall–Kier alpha value is -1.70. The van der Waals surface area contributed by atoms with Crippen LogP contribution in [0.25, 0.3) is 10.2 Å². The second kappa shape index (κ2) is 7.72. The topological polar surface area (TPSA) is 86.5 Å². The summed E-state index contributed by atoms with van der Waals surface area (Å²) in [4.78, 5) is 18.2. The molecule has 2 aromatic heterocycles. The van der Waals surface area contributed by atoms with Gasteiger partial charge in [-0.1, -0.05) is 13.8 Å². The minimum atomic E-state index is -0.481. The molecule has 126 valence electrons. The van der Waals surface area contributed by atoms with Crippen LogP contribution in [0.1, 0.15) is 29.2 Å². The van der Waals surface area contributed by atoms with Gasteiger partial charge in [0.25, 0.3) is 5.91 Å². The lowest BCUT2D eigenvalue weighted by Crippen LogP contribution is -2.34. The average Bonchev–Trinajstić information content (AvgIpc) is 2.84. The van der Waals surface area contributed by atoms with E-state index in [1.807, 2.05) is 12.1 Å². The summed E-state index contributed by atoms with van der Waals surface area (Å²) in [5.74, 6) is 0.287. The van der Waals surface area contributed by atoms with Gasteiger partial charge in [-0.15, -0.1) is 11.3 Å². The lowest BCUT2D eigenvalue weighted by molar-refractivity contribution is -0.0974. The molecule has 0 aliphatic carbocycles. The van der Waals surface area contributed by atoms with Crippen molar-refractivity contribution in [3.05, 3.63) is 22.7 Å². The molecule has 0 aliphatic rings. The fourth-order valence-corrected chi connectivity index (χ4v) is 3.28. The van der Waals surface area contributed by atoms with Gasteiger partial charge in [-0.3, -0.25) is 4.79 Å². The third kappa shape index (κ3) is 4.19. The highest BCUT2D eigenvalue weighted by Crippen LogP contribution is 2.32. The Morgan fingerprint density at radius 1 is 1.35 bits per heavy atom. The summed E-state index contributed by atoms with van der Waals surface area (Å²) in [6.07, 6.45) is 0.420. The van der Waals surface area contributed by atoms with E-state index in [1.54, 1.807) is 0 Å². The van der Waals surface area contributed by atoms with Crippen LogP contribution >= 0.6 is 11.3 Å². The number of hydrogen-bond acceptors (Lipinski definition) is 6. The van der Waals surface area contributed by atoms with Crippen molar-refractivity contribution >= 4 is 33.1 Å². The predicted molar refractivity (Wildman–Crippen MR) is 92.7 cm³/mol. The summed E-state index contributed by atoms with van der Waals surface area (Å²) >= 11 is 1.31. The van der Waals surface area contributed by atoms with Gasteiger partial charge in [0, 0.05) is 25.3 Å². The van der Waals surface area contributed by atoms with Crippen molar-refractivity contribution in [1.82, 2.24) is 10.3 Å². The summed E-state index contributed by atoms with van der Waals surface area (Å²) < 4.78 is 10.1. The van der Waals surface area contributed by atoms with E-state index >= 15 is 0 Å². The summed E-state index contributed by atoms with van der Waals surface area (Å²) in [5, 5.41) is 3.59. The number of methoxy groups -OCH3 is 2. The van der Waals surface area contributed by atoms with Crippen molar-refractivity contribution < 1.29 is 14.3 Å². The molecule has 0 fully saturated rings. The highest BCUT2D eigenvalue weighted by atomic mass is 32.1. The Morgan fingerprint density at radius 3 is 2.65 bits per heavy atom. The lowest BCUT2D eigenvalue weighted by Gasteiger charge is -2.13. The first kappa shape index (κ1) is 17.7. The van der Waals surface area contributed by atoms with Crippen LogP contribution in [0.4, 0.5) is 5.69 Å². The maximum absolute atomic E-state index is 12.3. The van der Waals surface area contributed by atoms with Gasteiger partial charge in [0.15, 0.2) is 6.29 Å². The van der Waals surface area contributed by atoms with Crippen LogP contribution in [0.5, 0.6) is 0 Å². The van der Waals surface area contributed by atoms with E-state index in [-0.39, 0.29) is 12.5 Å². The molecule has 7 heteroatoms. The second-order valence-electron chi connectivity index (χ2n) is 5.71. The van der Waals surface area contributed by atoms with Crippen LogP contribution in [-0.4, -0.2) is 37.9 Å². The Bertz CT molecular complexity index is 681. The third-order valence-electron chi connectivity index (χ3n) is 3.43. The van der Waals surface area contributed by atoms with E-state index < -0.39 is 6.29 Å². The van der Waals surface area contributed by atoms with Gasteiger partial charge >= 0.3 is 0 Å². The summed E-state index contributed by atoms with van der Waals surface area (Å²) in [6.45, 7) is 4.55. The zero-order valence-electron chi connectivity index (χ0n) is 13.9. The van der Waals surface area contributed by atoms with E-state index in [0.717, 1.165) is 22.3 Å². The number of nitrogens with one attached hydrogen (secondary N) is 1. The molecule has 23 heavy (non-hydrogen) atoms. The average molecular weight is 337 g/mol. The van der Waals surface area contributed by atoms with Gasteiger partial charge in [0.05, 0.1) is 12.2 Å². The van der Waals surface area contributed by atoms with Gasteiger partial charge < -0.3 is 20.5 Å². The van der Waals surface area contributed by atoms with Gasteiger partial charge in [-0.25, -0.2) is 4.98 Å². The molecule has 0 spiro atoms. The van der Waals surface area contributed by atoms with Gasteiger partial charge in [-0.05, 0) is 24.5 Å². The highest BCUT2D eigenvalue weighted by molar-refractivity contribution is 7.21. The van der Waals surface area contributed by atoms with Gasteiger partial charge in [0.2, 0.25) is 0 Å². The number of hydrogen-bond donors (Lipinski definition) is 2. The number of aromatic nitrogens is 1. The number of nitrogen functional groups attached to an aromatic ring is 1. The van der Waals surface area contributed by atoms with E-state index in [4.69, 9.17) is 15.2 Å². The number of carbonyl (C=O) groups is 1. The molecule has 2 heterocycles. The fraction of sp³-hybridized carbons (Fsp3) is 0.500. The third-order valence-corrected chi connectivity index (χ3v) is 4.54. The number of amides is 1. The minimum absolute atomic E-state index is 0.241. The summed E-state index contributed by atoms with van der Waals surface area (Å²) in [7, 11) is 3.04. The number of anilines is 1. The Kier molecular flexibility index (Phi) is 5.92. The maximum Gasteiger partial charge on any atom is 0.263 e. The van der Waals surface area contributed by atoms with Crippen LogP contribution in [0, 0.1) is 5.92 Å². The maximum atomic E-state index is 12.3. The monoisotopic (exact) mass is 337 g/mol. The molecule has 0 atom stereocenters. The number of fused-ring (bicyclic) bond motifs is 1. The Labute approximate surface area is 140 Å². The number of thiophene rings is 1. The van der Waals surface area contributed by atoms with Crippen molar-refractivity contribution in [3.8, 4) is 0 Å². The first-order valence-corrected chi connectivity index (χ1v) is 8.29. The van der Waals surface area contributed by atoms with E-state index in [9.17, 15) is 4.79 Å². The molecule has 0 aliphatic heterocycles. The Balaban J connectivity index is 2.20. The number of nitrogens with two attached hydrogens (primary N) is 1. The SMILES string of the molecule is COC(CNC(=O)c1sc2nc(CC(C)C)ccc2c1N)OC. The molecular formula is C16H23N3O3S. The fourth-order valence-electron chi connectivity index (χ4n) is 2.26. The smallest absolute Gasteiger partial charge is 0.263 e. The predicted octanol–water partition coefficient (Wildman–Crippen LogP) is 2.43. The van der Waals surface area contributed by atoms with Crippen molar-refractivity contribution in [2.75, 3.05) is 26.5 Å². The first-order valence-electron chi connectivity index (χ1n) is 7.48. The van der Waals surface area contributed by atoms with Crippen LogP contribution < -0.4 is 11.1 Å². The highest BCUT2D eigenvalue weighted by Gasteiger charge is 2.18. The number of rotatable bonds is 7. The molecule has 1 amide bonds.